The minimum Gasteiger partial charge on any atom is -0.504 e. The summed E-state index contributed by atoms with van der Waals surface area (Å²) >= 11 is 0. The van der Waals surface area contributed by atoms with Crippen LogP contribution in [0.3, 0.4) is 0 Å². The van der Waals surface area contributed by atoms with Gasteiger partial charge in [0.25, 0.3) is 0 Å². The molecule has 10 atom stereocenters. The summed E-state index contributed by atoms with van der Waals surface area (Å²) in [6, 6.07) is 9.12. The van der Waals surface area contributed by atoms with Crippen LogP contribution in [0.1, 0.15) is 25.0 Å². The Kier molecular flexibility index (Phi) is 13.2. The molecule has 2 saturated heterocycles. The molecule has 49 heavy (non-hydrogen) atoms. The van der Waals surface area contributed by atoms with Gasteiger partial charge in [0.1, 0.15) is 43.2 Å². The first kappa shape index (κ1) is 37.8. The summed E-state index contributed by atoms with van der Waals surface area (Å²) in [5, 5.41) is 62.6. The maximum atomic E-state index is 13.1. The number of carbonyl (C=O) groups excluding carboxylic acids is 2. The standard InChI is InChI=1S/C33H42O16/c1-16-26(38)27(39)28(40)33(46-16)49-31-29(41)32(44-12-11-19-6-9-22(42-3)21(36)13-19)47-24(15-45-17(2)34)30(31)48-25(37)10-7-18-5-8-20(35)23(14-18)43-4/h5-10,13-14,16,24,26-33,35-36,38-41H,11-12,15H2,1-4H3/t16-,24+,26-,27+,28+,29+,30+,31+,32+,33-/m0/s1. The van der Waals surface area contributed by atoms with E-state index in [1.165, 1.54) is 51.5 Å². The molecule has 2 fully saturated rings. The van der Waals surface area contributed by atoms with Crippen molar-refractivity contribution in [2.45, 2.75) is 81.7 Å². The number of phenols is 2. The molecule has 270 valence electrons. The van der Waals surface area contributed by atoms with Crippen molar-refractivity contribution >= 4 is 18.0 Å². The zero-order valence-electron chi connectivity index (χ0n) is 27.3. The van der Waals surface area contributed by atoms with Crippen molar-refractivity contribution in [3.63, 3.8) is 0 Å². The van der Waals surface area contributed by atoms with Gasteiger partial charge in [-0.25, -0.2) is 4.79 Å². The van der Waals surface area contributed by atoms with Gasteiger partial charge in [-0.15, -0.1) is 0 Å². The third-order valence-electron chi connectivity index (χ3n) is 7.95. The lowest BCUT2D eigenvalue weighted by Gasteiger charge is -2.46. The van der Waals surface area contributed by atoms with Crippen molar-refractivity contribution in [3.8, 4) is 23.0 Å². The minimum atomic E-state index is -1.78. The Bertz CT molecular complexity index is 1450. The second kappa shape index (κ2) is 17.1. The van der Waals surface area contributed by atoms with Crippen molar-refractivity contribution in [1.29, 1.82) is 0 Å². The van der Waals surface area contributed by atoms with E-state index in [-0.39, 0.29) is 36.0 Å². The number of benzene rings is 2. The van der Waals surface area contributed by atoms with Crippen molar-refractivity contribution in [2.75, 3.05) is 27.4 Å². The molecule has 0 saturated carbocycles. The van der Waals surface area contributed by atoms with Gasteiger partial charge in [-0.2, -0.15) is 0 Å². The molecule has 0 spiro atoms. The highest BCUT2D eigenvalue weighted by Gasteiger charge is 2.52. The van der Waals surface area contributed by atoms with Gasteiger partial charge in [-0.3, -0.25) is 4.79 Å². The summed E-state index contributed by atoms with van der Waals surface area (Å²) in [6.07, 6.45) is -12.4. The Morgan fingerprint density at radius 2 is 1.57 bits per heavy atom. The molecule has 4 rings (SSSR count). The van der Waals surface area contributed by atoms with Crippen LogP contribution in [0, 0.1) is 0 Å². The smallest absolute Gasteiger partial charge is 0.331 e. The lowest BCUT2D eigenvalue weighted by molar-refractivity contribution is -0.357. The third-order valence-corrected chi connectivity index (χ3v) is 7.95. The van der Waals surface area contributed by atoms with Crippen LogP contribution >= 0.6 is 0 Å². The first-order valence-electron chi connectivity index (χ1n) is 15.4. The molecular formula is C33H42O16. The number of methoxy groups -OCH3 is 2. The Morgan fingerprint density at radius 3 is 2.24 bits per heavy atom. The van der Waals surface area contributed by atoms with E-state index in [9.17, 15) is 40.2 Å². The predicted octanol–water partition coefficient (Wildman–Crippen LogP) is 0.161. The number of aromatic hydroxyl groups is 2. The third kappa shape index (κ3) is 9.58. The van der Waals surface area contributed by atoms with Gasteiger partial charge >= 0.3 is 11.9 Å². The Balaban J connectivity index is 1.58. The van der Waals surface area contributed by atoms with Crippen LogP contribution in [0.2, 0.25) is 0 Å². The van der Waals surface area contributed by atoms with Gasteiger partial charge in [0.2, 0.25) is 0 Å². The molecule has 0 radical (unpaired) electrons. The van der Waals surface area contributed by atoms with Crippen LogP contribution in [0.4, 0.5) is 0 Å². The zero-order chi connectivity index (χ0) is 35.8. The molecule has 0 bridgehead atoms. The number of aliphatic hydroxyl groups is 4. The van der Waals surface area contributed by atoms with E-state index in [0.717, 1.165) is 13.0 Å². The van der Waals surface area contributed by atoms with Crippen LogP contribution in [-0.4, -0.2) is 131 Å². The Morgan fingerprint density at radius 1 is 0.837 bits per heavy atom. The summed E-state index contributed by atoms with van der Waals surface area (Å²) in [5.41, 5.74) is 1.13. The lowest BCUT2D eigenvalue weighted by atomic mass is 9.97. The quantitative estimate of drug-likeness (QED) is 0.121. The predicted molar refractivity (Wildman–Crippen MR) is 166 cm³/mol. The van der Waals surface area contributed by atoms with E-state index in [4.69, 9.17) is 37.9 Å². The van der Waals surface area contributed by atoms with Crippen molar-refractivity contribution in [1.82, 2.24) is 0 Å². The van der Waals surface area contributed by atoms with E-state index < -0.39 is 80.0 Å². The molecular weight excluding hydrogens is 652 g/mol. The van der Waals surface area contributed by atoms with Crippen molar-refractivity contribution in [3.05, 3.63) is 53.6 Å². The highest BCUT2D eigenvalue weighted by atomic mass is 16.7. The SMILES string of the molecule is COc1ccc(CCO[C@@H]2O[C@H](COC(C)=O)[C@@H](OC(=O)C=Cc3ccc(O)c(OC)c3)[C@H](O[C@@H]3O[C@@H](C)[C@H](O)[C@@H](O)[C@H]3O)[C@H]2O)cc1O. The van der Waals surface area contributed by atoms with Gasteiger partial charge < -0.3 is 68.5 Å². The van der Waals surface area contributed by atoms with E-state index >= 15 is 0 Å². The van der Waals surface area contributed by atoms with Crippen molar-refractivity contribution < 1.29 is 78.1 Å². The summed E-state index contributed by atoms with van der Waals surface area (Å²) in [5.74, 6) is -1.38. The van der Waals surface area contributed by atoms with Crippen LogP contribution in [0.5, 0.6) is 23.0 Å². The lowest BCUT2D eigenvalue weighted by Crippen LogP contribution is -2.65. The molecule has 0 aliphatic carbocycles. The average molecular weight is 695 g/mol. The van der Waals surface area contributed by atoms with Gasteiger partial charge in [-0.1, -0.05) is 12.1 Å². The summed E-state index contributed by atoms with van der Waals surface area (Å²) in [6.45, 7) is 2.06. The fraction of sp³-hybridized carbons (Fsp3) is 0.515. The molecule has 2 aliphatic rings. The molecule has 0 amide bonds. The fourth-order valence-corrected chi connectivity index (χ4v) is 5.26. The topological polar surface area (TPSA) is 229 Å². The largest absolute Gasteiger partial charge is 0.504 e. The molecule has 2 aromatic rings. The van der Waals surface area contributed by atoms with Crippen LogP contribution in [0.15, 0.2) is 42.5 Å². The molecule has 16 heteroatoms. The number of aliphatic hydroxyl groups excluding tert-OH is 4. The summed E-state index contributed by atoms with van der Waals surface area (Å²) in [7, 11) is 2.78. The van der Waals surface area contributed by atoms with E-state index in [2.05, 4.69) is 0 Å². The Hall–Kier alpha value is -4.00. The van der Waals surface area contributed by atoms with Crippen LogP contribution < -0.4 is 9.47 Å². The van der Waals surface area contributed by atoms with E-state index in [0.29, 0.717) is 11.1 Å². The van der Waals surface area contributed by atoms with Gasteiger partial charge in [0.15, 0.2) is 41.7 Å². The minimum absolute atomic E-state index is 0.0473. The molecule has 2 heterocycles. The number of phenolic OH excluding ortho intramolecular Hbond substituents is 2. The zero-order valence-corrected chi connectivity index (χ0v) is 27.3. The molecule has 0 aromatic heterocycles. The fourth-order valence-electron chi connectivity index (χ4n) is 5.26. The average Bonchev–Trinajstić information content (AvgIpc) is 3.07. The molecule has 6 N–H and O–H groups in total. The second-order valence-electron chi connectivity index (χ2n) is 11.4. The van der Waals surface area contributed by atoms with Crippen LogP contribution in [0.25, 0.3) is 6.08 Å². The second-order valence-corrected chi connectivity index (χ2v) is 11.4. The number of esters is 2. The first-order chi connectivity index (χ1) is 23.3. The highest BCUT2D eigenvalue weighted by Crippen LogP contribution is 2.32. The molecule has 2 aliphatic heterocycles. The summed E-state index contributed by atoms with van der Waals surface area (Å²) in [4.78, 5) is 24.9. The van der Waals surface area contributed by atoms with Crippen molar-refractivity contribution in [2.24, 2.45) is 0 Å². The number of hydrogen-bond donors (Lipinski definition) is 6. The Labute approximate surface area is 281 Å². The molecule has 0 unspecified atom stereocenters. The first-order valence-corrected chi connectivity index (χ1v) is 15.4. The molecule has 16 nitrogen and oxygen atoms in total. The summed E-state index contributed by atoms with van der Waals surface area (Å²) < 4.78 is 44.3. The van der Waals surface area contributed by atoms with Gasteiger partial charge in [0.05, 0.1) is 26.9 Å². The normalized spacial score (nSPS) is 30.1. The van der Waals surface area contributed by atoms with Gasteiger partial charge in [0, 0.05) is 13.0 Å². The monoisotopic (exact) mass is 694 g/mol. The maximum Gasteiger partial charge on any atom is 0.331 e. The van der Waals surface area contributed by atoms with Crippen LogP contribution in [-0.2, 0) is 44.4 Å². The number of hydrogen-bond acceptors (Lipinski definition) is 16. The number of rotatable bonds is 13. The molecule has 2 aromatic carbocycles. The van der Waals surface area contributed by atoms with E-state index in [1.807, 2.05) is 0 Å². The number of carbonyl (C=O) groups is 2. The van der Waals surface area contributed by atoms with E-state index in [1.54, 1.807) is 12.1 Å². The van der Waals surface area contributed by atoms with Gasteiger partial charge in [-0.05, 0) is 54.8 Å². The maximum absolute atomic E-state index is 13.1. The number of ether oxygens (including phenoxy) is 8. The highest BCUT2D eigenvalue weighted by molar-refractivity contribution is 5.87.